The van der Waals surface area contributed by atoms with Gasteiger partial charge in [0.05, 0.1) is 22.9 Å². The van der Waals surface area contributed by atoms with E-state index in [1.54, 1.807) is 23.6 Å². The molecule has 148 valence electrons. The number of benzene rings is 1. The van der Waals surface area contributed by atoms with Gasteiger partial charge in [-0.15, -0.1) is 0 Å². The van der Waals surface area contributed by atoms with E-state index >= 15 is 0 Å². The van der Waals surface area contributed by atoms with Crippen molar-refractivity contribution in [2.45, 2.75) is 19.9 Å². The predicted octanol–water partition coefficient (Wildman–Crippen LogP) is 2.02. The van der Waals surface area contributed by atoms with Gasteiger partial charge in [0, 0.05) is 25.8 Å². The molecule has 7 heteroatoms. The summed E-state index contributed by atoms with van der Waals surface area (Å²) in [6.45, 7) is 4.61. The topological polar surface area (TPSA) is 78.7 Å². The number of amides is 1. The largest absolute Gasteiger partial charge is 0.507 e. The maximum absolute atomic E-state index is 12.9. The molecule has 1 N–H and O–H groups in total. The number of Topliss-reactive ketones (excluding diaryl/α,β-unsaturated/α-hetero) is 1. The first-order valence-corrected chi connectivity index (χ1v) is 9.22. The third-order valence-corrected chi connectivity index (χ3v) is 5.19. The molecule has 0 aliphatic carbocycles. The second-order valence-corrected chi connectivity index (χ2v) is 7.38. The van der Waals surface area contributed by atoms with Gasteiger partial charge in [-0.05, 0) is 33.5 Å². The minimum atomic E-state index is -0.659. The van der Waals surface area contributed by atoms with E-state index in [0.29, 0.717) is 24.3 Å². The van der Waals surface area contributed by atoms with Crippen LogP contribution in [0.3, 0.4) is 0 Å². The monoisotopic (exact) mass is 382 g/mol. The van der Waals surface area contributed by atoms with Crippen LogP contribution in [-0.2, 0) is 16.6 Å². The molecule has 1 saturated heterocycles. The zero-order chi connectivity index (χ0) is 20.6. The molecule has 0 bridgehead atoms. The highest BCUT2D eigenvalue weighted by molar-refractivity contribution is 6.46. The Balaban J connectivity index is 2.19. The Morgan fingerprint density at radius 2 is 1.82 bits per heavy atom. The highest BCUT2D eigenvalue weighted by Crippen LogP contribution is 2.40. The first-order chi connectivity index (χ1) is 13.2. The molecule has 1 aromatic heterocycles. The Labute approximate surface area is 164 Å². The SMILES string of the molecule is Cc1nn(C)c(C)c1C(O)=C1C(=O)C(=O)N(CCN(C)C)C1c1ccccc1. The number of hydrogen-bond donors (Lipinski definition) is 1. The van der Waals surface area contributed by atoms with Crippen LogP contribution in [0.1, 0.15) is 28.6 Å². The smallest absolute Gasteiger partial charge is 0.295 e. The van der Waals surface area contributed by atoms with Crippen LogP contribution in [0.5, 0.6) is 0 Å². The van der Waals surface area contributed by atoms with Crippen molar-refractivity contribution in [1.29, 1.82) is 0 Å². The van der Waals surface area contributed by atoms with Crippen molar-refractivity contribution in [3.8, 4) is 0 Å². The fourth-order valence-corrected chi connectivity index (χ4v) is 3.65. The second-order valence-electron chi connectivity index (χ2n) is 7.38. The van der Waals surface area contributed by atoms with Crippen LogP contribution in [0.15, 0.2) is 35.9 Å². The van der Waals surface area contributed by atoms with Crippen molar-refractivity contribution < 1.29 is 14.7 Å². The molecule has 2 aromatic rings. The normalized spacial score (nSPS) is 19.1. The van der Waals surface area contributed by atoms with Crippen molar-refractivity contribution in [3.63, 3.8) is 0 Å². The molecule has 28 heavy (non-hydrogen) atoms. The van der Waals surface area contributed by atoms with Gasteiger partial charge in [0.15, 0.2) is 0 Å². The summed E-state index contributed by atoms with van der Waals surface area (Å²) in [6, 6.07) is 8.72. The van der Waals surface area contributed by atoms with Crippen molar-refractivity contribution in [2.75, 3.05) is 27.2 Å². The molecule has 2 heterocycles. The summed E-state index contributed by atoms with van der Waals surface area (Å²) in [5, 5.41) is 15.5. The molecule has 3 rings (SSSR count). The minimum absolute atomic E-state index is 0.120. The first-order valence-electron chi connectivity index (χ1n) is 9.22. The van der Waals surface area contributed by atoms with Gasteiger partial charge in [-0.2, -0.15) is 5.10 Å². The van der Waals surface area contributed by atoms with Crippen LogP contribution >= 0.6 is 0 Å². The summed E-state index contributed by atoms with van der Waals surface area (Å²) in [5.41, 5.74) is 2.77. The van der Waals surface area contributed by atoms with Crippen LogP contribution in [-0.4, -0.2) is 63.6 Å². The van der Waals surface area contributed by atoms with Crippen molar-refractivity contribution in [3.05, 3.63) is 58.4 Å². The van der Waals surface area contributed by atoms with E-state index < -0.39 is 17.7 Å². The zero-order valence-corrected chi connectivity index (χ0v) is 16.9. The van der Waals surface area contributed by atoms with Gasteiger partial charge in [0.2, 0.25) is 0 Å². The molecule has 7 nitrogen and oxygen atoms in total. The van der Waals surface area contributed by atoms with Crippen LogP contribution in [0.25, 0.3) is 5.76 Å². The van der Waals surface area contributed by atoms with Gasteiger partial charge in [-0.25, -0.2) is 0 Å². The number of carbonyl (C=O) groups is 2. The van der Waals surface area contributed by atoms with E-state index in [2.05, 4.69) is 5.10 Å². The van der Waals surface area contributed by atoms with Crippen LogP contribution < -0.4 is 0 Å². The lowest BCUT2D eigenvalue weighted by molar-refractivity contribution is -0.140. The Morgan fingerprint density at radius 3 is 2.36 bits per heavy atom. The predicted molar refractivity (Wildman–Crippen MR) is 107 cm³/mol. The van der Waals surface area contributed by atoms with Crippen LogP contribution in [0.2, 0.25) is 0 Å². The lowest BCUT2D eigenvalue weighted by Crippen LogP contribution is -2.35. The molecule has 1 aromatic carbocycles. The highest BCUT2D eigenvalue weighted by Gasteiger charge is 2.46. The Bertz CT molecular complexity index is 944. The fourth-order valence-electron chi connectivity index (χ4n) is 3.65. The number of nitrogens with zero attached hydrogens (tertiary/aromatic N) is 4. The number of rotatable bonds is 5. The van der Waals surface area contributed by atoms with Crippen molar-refractivity contribution in [2.24, 2.45) is 7.05 Å². The van der Waals surface area contributed by atoms with Gasteiger partial charge in [-0.3, -0.25) is 14.3 Å². The van der Waals surface area contributed by atoms with Gasteiger partial charge in [0.25, 0.3) is 11.7 Å². The third-order valence-electron chi connectivity index (χ3n) is 5.19. The minimum Gasteiger partial charge on any atom is -0.507 e. The molecular formula is C21H26N4O3. The quantitative estimate of drug-likeness (QED) is 0.486. The van der Waals surface area contributed by atoms with E-state index in [1.165, 1.54) is 0 Å². The molecule has 1 amide bonds. The lowest BCUT2D eigenvalue weighted by Gasteiger charge is -2.26. The fraction of sp³-hybridized carbons (Fsp3) is 0.381. The van der Waals surface area contributed by atoms with Crippen molar-refractivity contribution >= 4 is 17.4 Å². The number of likely N-dealkylation sites (tertiary alicyclic amines) is 1. The van der Waals surface area contributed by atoms with E-state index in [-0.39, 0.29) is 11.3 Å². The number of hydrogen-bond acceptors (Lipinski definition) is 5. The standard InChI is InChI=1S/C21H26N4O3/c1-13-16(14(2)24(5)22-13)19(26)17-18(15-9-7-6-8-10-15)25(12-11-23(3)4)21(28)20(17)27/h6-10,18,26H,11-12H2,1-5H3. The van der Waals surface area contributed by atoms with E-state index in [1.807, 2.05) is 56.3 Å². The van der Waals surface area contributed by atoms with E-state index in [9.17, 15) is 14.7 Å². The maximum Gasteiger partial charge on any atom is 0.295 e. The Kier molecular flexibility index (Phi) is 5.38. The Morgan fingerprint density at radius 1 is 1.18 bits per heavy atom. The van der Waals surface area contributed by atoms with Crippen molar-refractivity contribution in [1.82, 2.24) is 19.6 Å². The molecule has 1 unspecified atom stereocenters. The summed E-state index contributed by atoms with van der Waals surface area (Å²) < 4.78 is 1.66. The van der Waals surface area contributed by atoms with E-state index in [4.69, 9.17) is 0 Å². The highest BCUT2D eigenvalue weighted by atomic mass is 16.3. The number of aromatic nitrogens is 2. The second kappa shape index (κ2) is 7.59. The number of aryl methyl sites for hydroxylation is 2. The number of ketones is 1. The number of carbonyl (C=O) groups excluding carboxylic acids is 2. The van der Waals surface area contributed by atoms with Gasteiger partial charge >= 0.3 is 0 Å². The molecule has 1 atom stereocenters. The summed E-state index contributed by atoms with van der Waals surface area (Å²) in [4.78, 5) is 29.3. The summed E-state index contributed by atoms with van der Waals surface area (Å²) in [6.07, 6.45) is 0. The lowest BCUT2D eigenvalue weighted by atomic mass is 9.95. The number of aliphatic hydroxyl groups is 1. The zero-order valence-electron chi connectivity index (χ0n) is 16.9. The summed E-state index contributed by atoms with van der Waals surface area (Å²) in [7, 11) is 5.61. The van der Waals surface area contributed by atoms with Gasteiger partial charge < -0.3 is 14.9 Å². The first kappa shape index (κ1) is 19.8. The van der Waals surface area contributed by atoms with Gasteiger partial charge in [0.1, 0.15) is 5.76 Å². The molecule has 0 radical (unpaired) electrons. The molecule has 1 aliphatic heterocycles. The Hall–Kier alpha value is -2.93. The average molecular weight is 382 g/mol. The van der Waals surface area contributed by atoms with Gasteiger partial charge in [-0.1, -0.05) is 30.3 Å². The maximum atomic E-state index is 12.9. The van der Waals surface area contributed by atoms with Crippen LogP contribution in [0, 0.1) is 13.8 Å². The molecule has 0 spiro atoms. The summed E-state index contributed by atoms with van der Waals surface area (Å²) in [5.74, 6) is -1.41. The molecule has 0 saturated carbocycles. The molecule has 1 fully saturated rings. The third kappa shape index (κ3) is 3.33. The molecule has 1 aliphatic rings. The number of aliphatic hydroxyl groups excluding tert-OH is 1. The molecular weight excluding hydrogens is 356 g/mol. The van der Waals surface area contributed by atoms with Crippen LogP contribution in [0.4, 0.5) is 0 Å². The number of likely N-dealkylation sites (N-methyl/N-ethyl adjacent to an activating group) is 1. The van der Waals surface area contributed by atoms with E-state index in [0.717, 1.165) is 11.3 Å². The summed E-state index contributed by atoms with van der Waals surface area (Å²) >= 11 is 0. The average Bonchev–Trinajstić information content (AvgIpc) is 3.06.